The zero-order valence-electron chi connectivity index (χ0n) is 13.8. The zero-order chi connectivity index (χ0) is 16.8. The molecule has 0 saturated heterocycles. The van der Waals surface area contributed by atoms with Crippen LogP contribution in [0.2, 0.25) is 0 Å². The smallest absolute Gasteiger partial charge is 0.311 e. The lowest BCUT2D eigenvalue weighted by Crippen LogP contribution is -2.09. The van der Waals surface area contributed by atoms with Gasteiger partial charge in [-0.3, -0.25) is 9.59 Å². The molecule has 0 unspecified atom stereocenters. The normalized spacial score (nSPS) is 10.6. The Morgan fingerprint density at radius 3 is 2.09 bits per heavy atom. The van der Waals surface area contributed by atoms with Gasteiger partial charge in [-0.25, -0.2) is 0 Å². The van der Waals surface area contributed by atoms with Gasteiger partial charge in [0.15, 0.2) is 5.78 Å². The van der Waals surface area contributed by atoms with Gasteiger partial charge >= 0.3 is 5.97 Å². The van der Waals surface area contributed by atoms with E-state index in [1.54, 1.807) is 24.3 Å². The zero-order valence-corrected chi connectivity index (χ0v) is 13.8. The van der Waals surface area contributed by atoms with Crippen LogP contribution in [0.4, 0.5) is 0 Å². The fourth-order valence-electron chi connectivity index (χ4n) is 2.26. The highest BCUT2D eigenvalue weighted by atomic mass is 16.5. The summed E-state index contributed by atoms with van der Waals surface area (Å²) in [6, 6.07) is 14.9. The van der Waals surface area contributed by atoms with E-state index in [0.717, 1.165) is 5.56 Å². The van der Waals surface area contributed by atoms with E-state index >= 15 is 0 Å². The molecule has 2 aromatic rings. The fourth-order valence-corrected chi connectivity index (χ4v) is 2.26. The molecule has 0 amide bonds. The second-order valence-electron chi connectivity index (χ2n) is 5.95. The molecule has 0 spiro atoms. The van der Waals surface area contributed by atoms with Gasteiger partial charge in [-0.2, -0.15) is 0 Å². The summed E-state index contributed by atoms with van der Waals surface area (Å²) in [5.74, 6) is 0.698. The summed E-state index contributed by atoms with van der Waals surface area (Å²) in [6.07, 6.45) is 0.984. The Labute approximate surface area is 137 Å². The highest BCUT2D eigenvalue weighted by Gasteiger charge is 2.07. The molecule has 0 radical (unpaired) electrons. The predicted molar refractivity (Wildman–Crippen MR) is 90.9 cm³/mol. The molecule has 0 N–H and O–H groups in total. The molecule has 23 heavy (non-hydrogen) atoms. The van der Waals surface area contributed by atoms with Gasteiger partial charge in [0.25, 0.3) is 0 Å². The van der Waals surface area contributed by atoms with Crippen molar-refractivity contribution in [1.29, 1.82) is 0 Å². The second-order valence-corrected chi connectivity index (χ2v) is 5.95. The minimum absolute atomic E-state index is 0.00674. The first-order chi connectivity index (χ1) is 11.0. The van der Waals surface area contributed by atoms with E-state index < -0.39 is 0 Å². The van der Waals surface area contributed by atoms with Gasteiger partial charge in [0, 0.05) is 12.0 Å². The number of Topliss-reactive ketones (excluding diaryl/α,β-unsaturated/α-hetero) is 1. The highest BCUT2D eigenvalue weighted by Crippen LogP contribution is 2.16. The van der Waals surface area contributed by atoms with Crippen molar-refractivity contribution in [1.82, 2.24) is 0 Å². The molecule has 0 fully saturated rings. The Bertz CT molecular complexity index is 667. The lowest BCUT2D eigenvalue weighted by molar-refractivity contribution is -0.134. The quantitative estimate of drug-likeness (QED) is 0.446. The third kappa shape index (κ3) is 5.06. The number of hydrogen-bond donors (Lipinski definition) is 0. The summed E-state index contributed by atoms with van der Waals surface area (Å²) >= 11 is 0. The van der Waals surface area contributed by atoms with E-state index in [9.17, 15) is 9.59 Å². The number of carbonyl (C=O) groups excluding carboxylic acids is 2. The molecule has 0 saturated carbocycles. The number of ketones is 1. The van der Waals surface area contributed by atoms with Gasteiger partial charge in [-0.1, -0.05) is 38.1 Å². The van der Waals surface area contributed by atoms with Crippen LogP contribution in [0.1, 0.15) is 54.6 Å². The van der Waals surface area contributed by atoms with Gasteiger partial charge in [-0.05, 0) is 54.7 Å². The van der Waals surface area contributed by atoms with Crippen molar-refractivity contribution in [2.24, 2.45) is 0 Å². The van der Waals surface area contributed by atoms with Gasteiger partial charge in [0.1, 0.15) is 5.75 Å². The lowest BCUT2D eigenvalue weighted by atomic mass is 10.0. The Balaban J connectivity index is 1.86. The van der Waals surface area contributed by atoms with Crippen molar-refractivity contribution in [2.45, 2.75) is 39.5 Å². The third-order valence-corrected chi connectivity index (χ3v) is 3.76. The summed E-state index contributed by atoms with van der Waals surface area (Å²) in [4.78, 5) is 23.1. The van der Waals surface area contributed by atoms with Crippen molar-refractivity contribution in [2.75, 3.05) is 0 Å². The van der Waals surface area contributed by atoms with Crippen molar-refractivity contribution in [3.05, 3.63) is 65.2 Å². The number of carbonyl (C=O) groups is 2. The van der Waals surface area contributed by atoms with Crippen LogP contribution >= 0.6 is 0 Å². The maximum absolute atomic E-state index is 11.9. The van der Waals surface area contributed by atoms with E-state index in [1.807, 2.05) is 0 Å². The first kappa shape index (κ1) is 16.9. The molecule has 0 aromatic heterocycles. The number of esters is 1. The Hall–Kier alpha value is -2.42. The summed E-state index contributed by atoms with van der Waals surface area (Å²) in [5.41, 5.74) is 3.02. The van der Waals surface area contributed by atoms with Crippen molar-refractivity contribution < 1.29 is 14.3 Å². The van der Waals surface area contributed by atoms with E-state index in [2.05, 4.69) is 38.1 Å². The Morgan fingerprint density at radius 2 is 1.57 bits per heavy atom. The summed E-state index contributed by atoms with van der Waals surface area (Å²) in [5, 5.41) is 0. The van der Waals surface area contributed by atoms with Crippen LogP contribution < -0.4 is 4.74 Å². The summed E-state index contributed by atoms with van der Waals surface area (Å²) in [7, 11) is 0. The molecule has 0 aliphatic heterocycles. The highest BCUT2D eigenvalue weighted by molar-refractivity contribution is 5.94. The van der Waals surface area contributed by atoms with Crippen LogP contribution in [0.5, 0.6) is 5.75 Å². The van der Waals surface area contributed by atoms with Crippen LogP contribution in [0.15, 0.2) is 48.5 Å². The van der Waals surface area contributed by atoms with E-state index in [0.29, 0.717) is 30.1 Å². The molecule has 0 atom stereocenters. The average Bonchev–Trinajstić information content (AvgIpc) is 2.54. The van der Waals surface area contributed by atoms with Crippen molar-refractivity contribution in [3.8, 4) is 5.75 Å². The Kier molecular flexibility index (Phi) is 5.69. The van der Waals surface area contributed by atoms with Crippen LogP contribution in [-0.2, 0) is 11.2 Å². The SMILES string of the molecule is CC(=O)c1ccc(OC(=O)CCc2ccc(C(C)C)cc2)cc1. The van der Waals surface area contributed by atoms with Crippen molar-refractivity contribution in [3.63, 3.8) is 0 Å². The first-order valence-corrected chi connectivity index (χ1v) is 7.86. The maximum atomic E-state index is 11.9. The maximum Gasteiger partial charge on any atom is 0.311 e. The molecule has 0 aliphatic rings. The molecular weight excluding hydrogens is 288 g/mol. The topological polar surface area (TPSA) is 43.4 Å². The molecule has 2 rings (SSSR count). The van der Waals surface area contributed by atoms with Crippen LogP contribution in [0.3, 0.4) is 0 Å². The second kappa shape index (κ2) is 7.73. The largest absolute Gasteiger partial charge is 0.427 e. The van der Waals surface area contributed by atoms with Gasteiger partial charge in [0.05, 0.1) is 0 Å². The predicted octanol–water partition coefficient (Wildman–Crippen LogP) is 4.55. The number of aryl methyl sites for hydroxylation is 1. The van der Waals surface area contributed by atoms with Gasteiger partial charge in [0.2, 0.25) is 0 Å². The number of hydrogen-bond acceptors (Lipinski definition) is 3. The molecule has 120 valence electrons. The van der Waals surface area contributed by atoms with Crippen LogP contribution in [0.25, 0.3) is 0 Å². The molecule has 0 heterocycles. The minimum atomic E-state index is -0.270. The molecule has 0 bridgehead atoms. The van der Waals surface area contributed by atoms with Gasteiger partial charge in [-0.15, -0.1) is 0 Å². The standard InChI is InChI=1S/C20H22O3/c1-14(2)17-7-4-16(5-8-17)6-13-20(22)23-19-11-9-18(10-12-19)15(3)21/h4-5,7-12,14H,6,13H2,1-3H3. The molecule has 3 nitrogen and oxygen atoms in total. The molecular formula is C20H22O3. The third-order valence-electron chi connectivity index (χ3n) is 3.76. The fraction of sp³-hybridized carbons (Fsp3) is 0.300. The van der Waals surface area contributed by atoms with Gasteiger partial charge < -0.3 is 4.74 Å². The average molecular weight is 310 g/mol. The molecule has 2 aromatic carbocycles. The summed E-state index contributed by atoms with van der Waals surface area (Å²) in [6.45, 7) is 5.82. The lowest BCUT2D eigenvalue weighted by Gasteiger charge is -2.07. The van der Waals surface area contributed by atoms with E-state index in [1.165, 1.54) is 12.5 Å². The minimum Gasteiger partial charge on any atom is -0.427 e. The van der Waals surface area contributed by atoms with E-state index in [4.69, 9.17) is 4.74 Å². The summed E-state index contributed by atoms with van der Waals surface area (Å²) < 4.78 is 5.28. The number of benzene rings is 2. The molecule has 3 heteroatoms. The monoisotopic (exact) mass is 310 g/mol. The number of rotatable bonds is 6. The van der Waals surface area contributed by atoms with Crippen LogP contribution in [-0.4, -0.2) is 11.8 Å². The number of ether oxygens (including phenoxy) is 1. The Morgan fingerprint density at radius 1 is 0.957 bits per heavy atom. The van der Waals surface area contributed by atoms with Crippen molar-refractivity contribution >= 4 is 11.8 Å². The first-order valence-electron chi connectivity index (χ1n) is 7.86. The van der Waals surface area contributed by atoms with Crippen LogP contribution in [0, 0.1) is 0 Å². The molecule has 0 aliphatic carbocycles. The van der Waals surface area contributed by atoms with E-state index in [-0.39, 0.29) is 11.8 Å².